The van der Waals surface area contributed by atoms with Gasteiger partial charge in [-0.2, -0.15) is 0 Å². The fourth-order valence-electron chi connectivity index (χ4n) is 1.70. The van der Waals surface area contributed by atoms with Crippen LogP contribution < -0.4 is 11.1 Å². The highest BCUT2D eigenvalue weighted by molar-refractivity contribution is 7.91. The van der Waals surface area contributed by atoms with E-state index in [1.54, 1.807) is 0 Å². The summed E-state index contributed by atoms with van der Waals surface area (Å²) in [5.41, 5.74) is 5.66. The summed E-state index contributed by atoms with van der Waals surface area (Å²) in [6.45, 7) is 8.04. The van der Waals surface area contributed by atoms with E-state index in [4.69, 9.17) is 5.73 Å². The van der Waals surface area contributed by atoms with Crippen LogP contribution in [0.1, 0.15) is 47.0 Å². The molecule has 0 aromatic heterocycles. The van der Waals surface area contributed by atoms with E-state index in [1.807, 2.05) is 27.7 Å². The molecule has 0 spiro atoms. The minimum atomic E-state index is -3.13. The Bertz CT molecular complexity index is 373. The number of nitrogens with two attached hydrogens (primary N) is 1. The molecule has 3 N–H and O–H groups in total. The maximum absolute atomic E-state index is 11.7. The first-order valence-electron chi connectivity index (χ1n) is 6.90. The summed E-state index contributed by atoms with van der Waals surface area (Å²) in [4.78, 5) is 11.6. The summed E-state index contributed by atoms with van der Waals surface area (Å²) >= 11 is 0. The molecule has 0 bridgehead atoms. The second-order valence-corrected chi connectivity index (χ2v) is 7.83. The average molecular weight is 292 g/mol. The fraction of sp³-hybridized carbons (Fsp3) is 0.923. The molecule has 19 heavy (non-hydrogen) atoms. The van der Waals surface area contributed by atoms with Gasteiger partial charge >= 0.3 is 0 Å². The molecule has 0 rings (SSSR count). The van der Waals surface area contributed by atoms with Crippen molar-refractivity contribution >= 4 is 15.7 Å². The fourth-order valence-corrected chi connectivity index (χ4v) is 3.38. The zero-order valence-electron chi connectivity index (χ0n) is 12.5. The van der Waals surface area contributed by atoms with Crippen molar-refractivity contribution < 1.29 is 13.2 Å². The molecular formula is C13H28N2O3S. The van der Waals surface area contributed by atoms with Gasteiger partial charge in [0.25, 0.3) is 0 Å². The largest absolute Gasteiger partial charge is 0.354 e. The summed E-state index contributed by atoms with van der Waals surface area (Å²) < 4.78 is 23.3. The quantitative estimate of drug-likeness (QED) is 0.665. The number of amides is 1. The highest BCUT2D eigenvalue weighted by Crippen LogP contribution is 2.09. The topological polar surface area (TPSA) is 89.3 Å². The lowest BCUT2D eigenvalue weighted by molar-refractivity contribution is -0.121. The summed E-state index contributed by atoms with van der Waals surface area (Å²) in [5, 5.41) is 2.72. The predicted octanol–water partition coefficient (Wildman–Crippen LogP) is 1.08. The number of hydrogen-bond donors (Lipinski definition) is 2. The van der Waals surface area contributed by atoms with E-state index in [0.717, 1.165) is 12.8 Å². The Kier molecular flexibility index (Phi) is 7.59. The second-order valence-electron chi connectivity index (χ2n) is 5.60. The van der Waals surface area contributed by atoms with Gasteiger partial charge in [0, 0.05) is 18.5 Å². The summed E-state index contributed by atoms with van der Waals surface area (Å²) in [5.74, 6) is -0.119. The Morgan fingerprint density at radius 2 is 1.79 bits per heavy atom. The first kappa shape index (κ1) is 18.4. The molecule has 0 heterocycles. The molecule has 6 heteroatoms. The van der Waals surface area contributed by atoms with Crippen molar-refractivity contribution in [1.82, 2.24) is 5.32 Å². The summed E-state index contributed by atoms with van der Waals surface area (Å²) in [7, 11) is -3.13. The van der Waals surface area contributed by atoms with Gasteiger partial charge in [-0.25, -0.2) is 8.42 Å². The Hall–Kier alpha value is -0.620. The molecule has 5 nitrogen and oxygen atoms in total. The average Bonchev–Trinajstić information content (AvgIpc) is 2.32. The first-order chi connectivity index (χ1) is 8.64. The minimum absolute atomic E-state index is 0.0125. The van der Waals surface area contributed by atoms with Gasteiger partial charge in [0.2, 0.25) is 5.91 Å². The number of rotatable bonds is 9. The highest BCUT2D eigenvalue weighted by atomic mass is 32.2. The lowest BCUT2D eigenvalue weighted by Crippen LogP contribution is -2.49. The number of sulfone groups is 1. The Labute approximate surface area is 117 Å². The van der Waals surface area contributed by atoms with Gasteiger partial charge in [0.1, 0.15) is 0 Å². The molecule has 0 fully saturated rings. The zero-order chi connectivity index (χ0) is 15.1. The Balaban J connectivity index is 4.14. The van der Waals surface area contributed by atoms with Crippen LogP contribution in [0.2, 0.25) is 0 Å². The number of carbonyl (C=O) groups is 1. The van der Waals surface area contributed by atoms with Crippen LogP contribution in [0.15, 0.2) is 0 Å². The van der Waals surface area contributed by atoms with Crippen LogP contribution in [0.4, 0.5) is 0 Å². The standard InChI is InChI=1S/C13H28N2O3S/c1-5-13(14,6-2)10-15-12(16)7-8-19(17,18)9-11(3)4/h11H,5-10,14H2,1-4H3,(H,15,16). The van der Waals surface area contributed by atoms with Crippen molar-refractivity contribution in [2.24, 2.45) is 11.7 Å². The van der Waals surface area contributed by atoms with Gasteiger partial charge < -0.3 is 11.1 Å². The van der Waals surface area contributed by atoms with Crippen molar-refractivity contribution in [2.45, 2.75) is 52.5 Å². The van der Waals surface area contributed by atoms with Gasteiger partial charge in [-0.05, 0) is 18.8 Å². The third-order valence-corrected chi connectivity index (χ3v) is 5.27. The lowest BCUT2D eigenvalue weighted by Gasteiger charge is -2.26. The van der Waals surface area contributed by atoms with Crippen molar-refractivity contribution in [3.63, 3.8) is 0 Å². The summed E-state index contributed by atoms with van der Waals surface area (Å²) in [6.07, 6.45) is 1.56. The highest BCUT2D eigenvalue weighted by Gasteiger charge is 2.21. The Morgan fingerprint density at radius 1 is 1.26 bits per heavy atom. The second kappa shape index (κ2) is 7.85. The SMILES string of the molecule is CCC(N)(CC)CNC(=O)CCS(=O)(=O)CC(C)C. The maximum atomic E-state index is 11.7. The number of nitrogens with one attached hydrogen (secondary N) is 1. The van der Waals surface area contributed by atoms with Crippen molar-refractivity contribution in [3.8, 4) is 0 Å². The lowest BCUT2D eigenvalue weighted by atomic mass is 9.94. The molecule has 0 aliphatic heterocycles. The van der Waals surface area contributed by atoms with Crippen LogP contribution in [0, 0.1) is 5.92 Å². The van der Waals surface area contributed by atoms with E-state index in [0.29, 0.717) is 6.54 Å². The normalized spacial score (nSPS) is 12.7. The third kappa shape index (κ3) is 8.21. The van der Waals surface area contributed by atoms with Crippen molar-refractivity contribution in [3.05, 3.63) is 0 Å². The van der Waals surface area contributed by atoms with Crippen LogP contribution in [0.5, 0.6) is 0 Å². The van der Waals surface area contributed by atoms with E-state index >= 15 is 0 Å². The molecule has 0 aromatic rings. The maximum Gasteiger partial charge on any atom is 0.221 e. The Morgan fingerprint density at radius 3 is 2.21 bits per heavy atom. The molecule has 0 unspecified atom stereocenters. The van der Waals surface area contributed by atoms with Crippen LogP contribution in [-0.4, -0.2) is 37.9 Å². The monoisotopic (exact) mass is 292 g/mol. The smallest absolute Gasteiger partial charge is 0.221 e. The molecule has 0 radical (unpaired) electrons. The van der Waals surface area contributed by atoms with Gasteiger partial charge in [-0.1, -0.05) is 27.7 Å². The third-order valence-electron chi connectivity index (χ3n) is 3.27. The molecule has 0 aliphatic rings. The molecule has 0 saturated heterocycles. The zero-order valence-corrected chi connectivity index (χ0v) is 13.3. The van der Waals surface area contributed by atoms with Crippen LogP contribution >= 0.6 is 0 Å². The molecule has 0 saturated carbocycles. The minimum Gasteiger partial charge on any atom is -0.354 e. The summed E-state index contributed by atoms with van der Waals surface area (Å²) in [6, 6.07) is 0. The van der Waals surface area contributed by atoms with Gasteiger partial charge in [0.15, 0.2) is 9.84 Å². The van der Waals surface area contributed by atoms with E-state index in [1.165, 1.54) is 0 Å². The number of carbonyl (C=O) groups excluding carboxylic acids is 1. The van der Waals surface area contributed by atoms with E-state index in [2.05, 4.69) is 5.32 Å². The van der Waals surface area contributed by atoms with Crippen LogP contribution in [-0.2, 0) is 14.6 Å². The van der Waals surface area contributed by atoms with E-state index in [9.17, 15) is 13.2 Å². The molecule has 0 aromatic carbocycles. The molecule has 1 amide bonds. The van der Waals surface area contributed by atoms with E-state index < -0.39 is 15.4 Å². The molecule has 0 aliphatic carbocycles. The first-order valence-corrected chi connectivity index (χ1v) is 8.72. The van der Waals surface area contributed by atoms with Crippen LogP contribution in [0.3, 0.4) is 0 Å². The van der Waals surface area contributed by atoms with E-state index in [-0.39, 0.29) is 29.8 Å². The molecule has 0 atom stereocenters. The van der Waals surface area contributed by atoms with Crippen LogP contribution in [0.25, 0.3) is 0 Å². The predicted molar refractivity (Wildman–Crippen MR) is 78.6 cm³/mol. The molecular weight excluding hydrogens is 264 g/mol. The van der Waals surface area contributed by atoms with Gasteiger partial charge in [0.05, 0.1) is 11.5 Å². The molecule has 114 valence electrons. The van der Waals surface area contributed by atoms with Gasteiger partial charge in [-0.3, -0.25) is 4.79 Å². The number of hydrogen-bond acceptors (Lipinski definition) is 4. The van der Waals surface area contributed by atoms with Crippen molar-refractivity contribution in [2.75, 3.05) is 18.1 Å². The van der Waals surface area contributed by atoms with Crippen molar-refractivity contribution in [1.29, 1.82) is 0 Å². The van der Waals surface area contributed by atoms with Gasteiger partial charge in [-0.15, -0.1) is 0 Å².